The topological polar surface area (TPSA) is 35.6 Å². The molecule has 0 atom stereocenters. The van der Waals surface area contributed by atoms with Crippen molar-refractivity contribution in [1.29, 1.82) is 0 Å². The summed E-state index contributed by atoms with van der Waals surface area (Å²) in [4.78, 5) is 16.9. The van der Waals surface area contributed by atoms with Crippen LogP contribution in [0.15, 0.2) is 12.7 Å². The van der Waals surface area contributed by atoms with E-state index in [4.69, 9.17) is 0 Å². The average Bonchev–Trinajstić information content (AvgIpc) is 2.75. The molecule has 0 unspecified atom stereocenters. The normalized spacial score (nSPS) is 22.7. The van der Waals surface area contributed by atoms with Crippen LogP contribution in [0, 0.1) is 0 Å². The van der Waals surface area contributed by atoms with Gasteiger partial charge in [0.1, 0.15) is 0 Å². The summed E-state index contributed by atoms with van der Waals surface area (Å²) in [6, 6.07) is 0.435. The largest absolute Gasteiger partial charge is 0.353 e. The molecule has 4 nitrogen and oxygen atoms in total. The molecule has 0 aromatic heterocycles. The van der Waals surface area contributed by atoms with Gasteiger partial charge in [-0.05, 0) is 12.8 Å². The molecule has 2 rings (SSSR count). The molecular weight excluding hydrogens is 262 g/mol. The van der Waals surface area contributed by atoms with Crippen molar-refractivity contribution in [2.75, 3.05) is 39.3 Å². The van der Waals surface area contributed by atoms with Crippen molar-refractivity contribution in [1.82, 2.24) is 15.1 Å². The van der Waals surface area contributed by atoms with Gasteiger partial charge in [0.05, 0.1) is 0 Å². The minimum atomic E-state index is 0.246. The number of hydrogen-bond donors (Lipinski definition) is 1. The molecule has 0 aromatic rings. The van der Waals surface area contributed by atoms with Gasteiger partial charge < -0.3 is 10.2 Å². The fraction of sp³-hybridized carbons (Fsp3) is 0.824. The average molecular weight is 293 g/mol. The lowest BCUT2D eigenvalue weighted by Gasteiger charge is -2.34. The molecule has 2 aliphatic rings. The molecule has 1 aliphatic carbocycles. The van der Waals surface area contributed by atoms with Crippen molar-refractivity contribution in [3.05, 3.63) is 12.7 Å². The highest BCUT2D eigenvalue weighted by Crippen LogP contribution is 2.17. The maximum absolute atomic E-state index is 12.1. The van der Waals surface area contributed by atoms with Crippen LogP contribution >= 0.6 is 0 Å². The predicted octanol–water partition coefficient (Wildman–Crippen LogP) is 2.02. The number of carbonyl (C=O) groups excluding carboxylic acids is 1. The maximum atomic E-state index is 12.1. The van der Waals surface area contributed by atoms with Gasteiger partial charge >= 0.3 is 0 Å². The van der Waals surface area contributed by atoms with Gasteiger partial charge in [0.15, 0.2) is 0 Å². The third-order valence-corrected chi connectivity index (χ3v) is 4.73. The van der Waals surface area contributed by atoms with E-state index in [0.717, 1.165) is 39.3 Å². The van der Waals surface area contributed by atoms with Crippen LogP contribution in [-0.4, -0.2) is 61.0 Å². The first-order valence-corrected chi connectivity index (χ1v) is 8.63. The Hall–Kier alpha value is -0.870. The van der Waals surface area contributed by atoms with Gasteiger partial charge in [-0.1, -0.05) is 31.8 Å². The Bertz CT molecular complexity index is 316. The molecule has 120 valence electrons. The van der Waals surface area contributed by atoms with Crippen molar-refractivity contribution in [3.8, 4) is 0 Å². The summed E-state index contributed by atoms with van der Waals surface area (Å²) in [7, 11) is 0. The Morgan fingerprint density at radius 3 is 2.29 bits per heavy atom. The molecule has 1 saturated heterocycles. The van der Waals surface area contributed by atoms with Crippen LogP contribution in [0.25, 0.3) is 0 Å². The SMILES string of the molecule is C=CCN1CCN(CCC(=O)NC2CCCCCC2)CC1. The zero-order valence-electron chi connectivity index (χ0n) is 13.4. The van der Waals surface area contributed by atoms with E-state index < -0.39 is 0 Å². The van der Waals surface area contributed by atoms with Gasteiger partial charge in [-0.15, -0.1) is 6.58 Å². The molecule has 0 aromatic carbocycles. The van der Waals surface area contributed by atoms with E-state index in [1.54, 1.807) is 0 Å². The van der Waals surface area contributed by atoms with Crippen LogP contribution in [0.2, 0.25) is 0 Å². The minimum absolute atomic E-state index is 0.246. The van der Waals surface area contributed by atoms with Crippen LogP contribution in [0.3, 0.4) is 0 Å². The third kappa shape index (κ3) is 6.18. The lowest BCUT2D eigenvalue weighted by atomic mass is 10.1. The Morgan fingerprint density at radius 1 is 1.05 bits per heavy atom. The smallest absolute Gasteiger partial charge is 0.221 e. The van der Waals surface area contributed by atoms with E-state index in [1.165, 1.54) is 38.5 Å². The Labute approximate surface area is 129 Å². The lowest BCUT2D eigenvalue weighted by molar-refractivity contribution is -0.122. The fourth-order valence-electron chi connectivity index (χ4n) is 3.36. The summed E-state index contributed by atoms with van der Waals surface area (Å²) in [5, 5.41) is 3.24. The van der Waals surface area contributed by atoms with Gasteiger partial charge in [-0.2, -0.15) is 0 Å². The molecule has 4 heteroatoms. The van der Waals surface area contributed by atoms with Gasteiger partial charge in [-0.25, -0.2) is 0 Å². The Balaban J connectivity index is 1.59. The number of nitrogens with one attached hydrogen (secondary N) is 1. The van der Waals surface area contributed by atoms with Crippen LogP contribution in [0.5, 0.6) is 0 Å². The number of nitrogens with zero attached hydrogens (tertiary/aromatic N) is 2. The zero-order valence-corrected chi connectivity index (χ0v) is 13.4. The minimum Gasteiger partial charge on any atom is -0.353 e. The van der Waals surface area contributed by atoms with E-state index in [0.29, 0.717) is 12.5 Å². The maximum Gasteiger partial charge on any atom is 0.221 e. The summed E-state index contributed by atoms with van der Waals surface area (Å²) in [6.07, 6.45) is 10.2. The molecule has 21 heavy (non-hydrogen) atoms. The Morgan fingerprint density at radius 2 is 1.67 bits per heavy atom. The van der Waals surface area contributed by atoms with E-state index in [2.05, 4.69) is 21.7 Å². The van der Waals surface area contributed by atoms with Gasteiger partial charge in [0.25, 0.3) is 0 Å². The summed E-state index contributed by atoms with van der Waals surface area (Å²) in [5.41, 5.74) is 0. The zero-order chi connectivity index (χ0) is 14.9. The number of piperazine rings is 1. The fourth-order valence-corrected chi connectivity index (χ4v) is 3.36. The molecule has 1 N–H and O–H groups in total. The first-order chi connectivity index (χ1) is 10.3. The highest BCUT2D eigenvalue weighted by molar-refractivity contribution is 5.76. The van der Waals surface area contributed by atoms with Crippen molar-refractivity contribution in [2.24, 2.45) is 0 Å². The summed E-state index contributed by atoms with van der Waals surface area (Å²) >= 11 is 0. The van der Waals surface area contributed by atoms with Gasteiger partial charge in [0, 0.05) is 51.7 Å². The van der Waals surface area contributed by atoms with E-state index in [-0.39, 0.29) is 5.91 Å². The molecule has 2 fully saturated rings. The van der Waals surface area contributed by atoms with Crippen molar-refractivity contribution in [2.45, 2.75) is 51.0 Å². The second kappa shape index (κ2) is 9.21. The molecule has 1 amide bonds. The van der Waals surface area contributed by atoms with E-state index >= 15 is 0 Å². The van der Waals surface area contributed by atoms with Crippen LogP contribution < -0.4 is 5.32 Å². The standard InChI is InChI=1S/C17H31N3O/c1-2-10-19-12-14-20(15-13-19)11-9-17(21)18-16-7-5-3-4-6-8-16/h2,16H,1,3-15H2,(H,18,21). The number of carbonyl (C=O) groups is 1. The van der Waals surface area contributed by atoms with Crippen LogP contribution in [0.1, 0.15) is 44.9 Å². The molecule has 1 aliphatic heterocycles. The summed E-state index contributed by atoms with van der Waals surface area (Å²) in [5.74, 6) is 0.246. The number of rotatable bonds is 6. The van der Waals surface area contributed by atoms with Crippen molar-refractivity contribution in [3.63, 3.8) is 0 Å². The molecule has 1 saturated carbocycles. The summed E-state index contributed by atoms with van der Waals surface area (Å²) in [6.45, 7) is 10.0. The van der Waals surface area contributed by atoms with E-state index in [9.17, 15) is 4.79 Å². The number of hydrogen-bond acceptors (Lipinski definition) is 3. The second-order valence-electron chi connectivity index (χ2n) is 6.44. The van der Waals surface area contributed by atoms with Crippen molar-refractivity contribution >= 4 is 5.91 Å². The molecule has 0 radical (unpaired) electrons. The third-order valence-electron chi connectivity index (χ3n) is 4.73. The van der Waals surface area contributed by atoms with Crippen molar-refractivity contribution < 1.29 is 4.79 Å². The molecule has 0 bridgehead atoms. The quantitative estimate of drug-likeness (QED) is 0.601. The first-order valence-electron chi connectivity index (χ1n) is 8.63. The molecule has 1 heterocycles. The van der Waals surface area contributed by atoms with Gasteiger partial charge in [0.2, 0.25) is 5.91 Å². The van der Waals surface area contributed by atoms with E-state index in [1.807, 2.05) is 6.08 Å². The lowest BCUT2D eigenvalue weighted by Crippen LogP contribution is -2.47. The van der Waals surface area contributed by atoms with Crippen LogP contribution in [0.4, 0.5) is 0 Å². The second-order valence-corrected chi connectivity index (χ2v) is 6.44. The summed E-state index contributed by atoms with van der Waals surface area (Å²) < 4.78 is 0. The number of amides is 1. The highest BCUT2D eigenvalue weighted by Gasteiger charge is 2.18. The molecule has 0 spiro atoms. The predicted molar refractivity (Wildman–Crippen MR) is 87.3 cm³/mol. The monoisotopic (exact) mass is 293 g/mol. The van der Waals surface area contributed by atoms with Crippen LogP contribution in [-0.2, 0) is 4.79 Å². The first kappa shape index (κ1) is 16.5. The highest BCUT2D eigenvalue weighted by atomic mass is 16.1. The van der Waals surface area contributed by atoms with Gasteiger partial charge in [-0.3, -0.25) is 9.69 Å². The molecular formula is C17H31N3O. The Kier molecular flexibility index (Phi) is 7.24.